The highest BCUT2D eigenvalue weighted by Crippen LogP contribution is 2.40. The maximum atomic E-state index is 10.1. The summed E-state index contributed by atoms with van der Waals surface area (Å²) in [7, 11) is 0. The molecule has 3 rings (SSSR count). The molecule has 1 saturated heterocycles. The minimum absolute atomic E-state index is 0.598. The van der Waals surface area contributed by atoms with Crippen molar-refractivity contribution in [2.45, 2.75) is 38.7 Å². The summed E-state index contributed by atoms with van der Waals surface area (Å²) >= 11 is 0. The van der Waals surface area contributed by atoms with Crippen LogP contribution in [0.5, 0.6) is 0 Å². The van der Waals surface area contributed by atoms with Gasteiger partial charge in [-0.3, -0.25) is 4.90 Å². The lowest BCUT2D eigenvalue weighted by molar-refractivity contribution is 0.0417. The fraction of sp³-hybridized carbons (Fsp3) is 0.765. The lowest BCUT2D eigenvalue weighted by atomic mass is 9.74. The van der Waals surface area contributed by atoms with Crippen molar-refractivity contribution in [3.8, 4) is 0 Å². The zero-order valence-corrected chi connectivity index (χ0v) is 13.7. The topological polar surface area (TPSA) is 61.3 Å². The number of hydrogen-bond donors (Lipinski definition) is 2. The molecular weight excluding hydrogens is 276 g/mol. The molecule has 1 aliphatic carbocycles. The summed E-state index contributed by atoms with van der Waals surface area (Å²) < 4.78 is 0. The molecule has 0 unspecified atom stereocenters. The van der Waals surface area contributed by atoms with Crippen LogP contribution in [0.3, 0.4) is 0 Å². The molecule has 0 bridgehead atoms. The predicted octanol–water partition coefficient (Wildman–Crippen LogP) is 2.01. The van der Waals surface area contributed by atoms with Crippen LogP contribution in [0.2, 0.25) is 0 Å². The molecule has 3 atom stereocenters. The van der Waals surface area contributed by atoms with Crippen LogP contribution < -0.4 is 5.32 Å². The van der Waals surface area contributed by atoms with Crippen LogP contribution in [0.25, 0.3) is 0 Å². The van der Waals surface area contributed by atoms with E-state index in [1.807, 2.05) is 19.9 Å². The van der Waals surface area contributed by atoms with Crippen molar-refractivity contribution in [2.24, 2.45) is 17.8 Å². The number of anilines is 1. The van der Waals surface area contributed by atoms with Crippen LogP contribution in [-0.4, -0.2) is 51.8 Å². The first kappa shape index (κ1) is 15.7. The van der Waals surface area contributed by atoms with Gasteiger partial charge in [0.15, 0.2) is 0 Å². The van der Waals surface area contributed by atoms with Gasteiger partial charge in [0.1, 0.15) is 0 Å². The van der Waals surface area contributed by atoms with Crippen molar-refractivity contribution in [3.63, 3.8) is 0 Å². The molecule has 1 aliphatic heterocycles. The molecule has 1 aromatic heterocycles. The zero-order chi connectivity index (χ0) is 15.6. The average molecular weight is 304 g/mol. The summed E-state index contributed by atoms with van der Waals surface area (Å²) in [6, 6.07) is 1.84. The SMILES string of the molecule is CC(C)(O)CN1C[C@H]2CCC[C@@H](CNc3ncccn3)[C@@H]2C1. The highest BCUT2D eigenvalue weighted by atomic mass is 16.3. The van der Waals surface area contributed by atoms with E-state index in [4.69, 9.17) is 0 Å². The molecule has 122 valence electrons. The second-order valence-electron chi connectivity index (χ2n) is 7.57. The number of hydrogen-bond acceptors (Lipinski definition) is 5. The van der Waals surface area contributed by atoms with E-state index in [-0.39, 0.29) is 0 Å². The Balaban J connectivity index is 1.57. The third-order valence-corrected chi connectivity index (χ3v) is 5.02. The highest BCUT2D eigenvalue weighted by molar-refractivity contribution is 5.22. The van der Waals surface area contributed by atoms with E-state index < -0.39 is 5.60 Å². The third kappa shape index (κ3) is 3.96. The van der Waals surface area contributed by atoms with E-state index in [2.05, 4.69) is 20.2 Å². The van der Waals surface area contributed by atoms with Gasteiger partial charge < -0.3 is 10.4 Å². The summed E-state index contributed by atoms with van der Waals surface area (Å²) in [5, 5.41) is 13.5. The van der Waals surface area contributed by atoms with Gasteiger partial charge in [-0.2, -0.15) is 0 Å². The van der Waals surface area contributed by atoms with Crippen LogP contribution in [0, 0.1) is 17.8 Å². The lowest BCUT2D eigenvalue weighted by Crippen LogP contribution is -2.38. The Bertz CT molecular complexity index is 473. The fourth-order valence-corrected chi connectivity index (χ4v) is 4.23. The zero-order valence-electron chi connectivity index (χ0n) is 13.7. The number of nitrogens with one attached hydrogen (secondary N) is 1. The third-order valence-electron chi connectivity index (χ3n) is 5.02. The highest BCUT2D eigenvalue weighted by Gasteiger charge is 2.40. The van der Waals surface area contributed by atoms with Gasteiger partial charge in [0.2, 0.25) is 5.95 Å². The molecule has 22 heavy (non-hydrogen) atoms. The number of rotatable bonds is 5. The maximum Gasteiger partial charge on any atom is 0.222 e. The number of β-amino-alcohol motifs (C(OH)–C–C–N with tert-alkyl or cyclic N) is 1. The number of aromatic nitrogens is 2. The quantitative estimate of drug-likeness (QED) is 0.871. The van der Waals surface area contributed by atoms with Gasteiger partial charge in [0, 0.05) is 38.6 Å². The van der Waals surface area contributed by atoms with Crippen LogP contribution in [0.15, 0.2) is 18.5 Å². The predicted molar refractivity (Wildman–Crippen MR) is 87.6 cm³/mol. The summed E-state index contributed by atoms with van der Waals surface area (Å²) in [6.45, 7) is 7.81. The van der Waals surface area contributed by atoms with Gasteiger partial charge in [-0.15, -0.1) is 0 Å². The van der Waals surface area contributed by atoms with Gasteiger partial charge in [0.05, 0.1) is 5.60 Å². The first-order valence-corrected chi connectivity index (χ1v) is 8.47. The van der Waals surface area contributed by atoms with Gasteiger partial charge in [-0.25, -0.2) is 9.97 Å². The molecule has 5 nitrogen and oxygen atoms in total. The van der Waals surface area contributed by atoms with Crippen molar-refractivity contribution in [2.75, 3.05) is 31.5 Å². The Morgan fingerprint density at radius 1 is 1.27 bits per heavy atom. The van der Waals surface area contributed by atoms with E-state index in [0.29, 0.717) is 5.92 Å². The minimum atomic E-state index is -0.598. The molecule has 1 saturated carbocycles. The smallest absolute Gasteiger partial charge is 0.222 e. The van der Waals surface area contributed by atoms with Crippen LogP contribution in [0.1, 0.15) is 33.1 Å². The van der Waals surface area contributed by atoms with E-state index in [1.54, 1.807) is 12.4 Å². The van der Waals surface area contributed by atoms with E-state index in [1.165, 1.54) is 19.3 Å². The fourth-order valence-electron chi connectivity index (χ4n) is 4.23. The second kappa shape index (κ2) is 6.50. The maximum absolute atomic E-state index is 10.1. The number of aliphatic hydroxyl groups is 1. The van der Waals surface area contributed by atoms with Crippen molar-refractivity contribution < 1.29 is 5.11 Å². The molecule has 5 heteroatoms. The molecule has 1 aromatic rings. The number of likely N-dealkylation sites (tertiary alicyclic amines) is 1. The minimum Gasteiger partial charge on any atom is -0.389 e. The standard InChI is InChI=1S/C17H28N4O/c1-17(2,22)12-21-10-14-6-3-5-13(15(14)11-21)9-20-16-18-7-4-8-19-16/h4,7-8,13-15,22H,3,5-6,9-12H2,1-2H3,(H,18,19,20)/t13-,14+,15-/m0/s1. The lowest BCUT2D eigenvalue weighted by Gasteiger charge is -2.33. The molecule has 0 radical (unpaired) electrons. The van der Waals surface area contributed by atoms with E-state index >= 15 is 0 Å². The second-order valence-corrected chi connectivity index (χ2v) is 7.57. The van der Waals surface area contributed by atoms with Crippen molar-refractivity contribution >= 4 is 5.95 Å². The Kier molecular flexibility index (Phi) is 4.64. The van der Waals surface area contributed by atoms with Gasteiger partial charge in [-0.1, -0.05) is 6.42 Å². The number of fused-ring (bicyclic) bond motifs is 1. The van der Waals surface area contributed by atoms with Gasteiger partial charge in [0.25, 0.3) is 0 Å². The van der Waals surface area contributed by atoms with E-state index in [0.717, 1.165) is 44.0 Å². The van der Waals surface area contributed by atoms with Gasteiger partial charge in [-0.05, 0) is 50.5 Å². The summed E-state index contributed by atoms with van der Waals surface area (Å²) in [5.74, 6) is 2.96. The molecule has 2 N–H and O–H groups in total. The molecule has 0 spiro atoms. The summed E-state index contributed by atoms with van der Waals surface area (Å²) in [4.78, 5) is 10.9. The van der Waals surface area contributed by atoms with Gasteiger partial charge >= 0.3 is 0 Å². The van der Waals surface area contributed by atoms with Crippen molar-refractivity contribution in [3.05, 3.63) is 18.5 Å². The van der Waals surface area contributed by atoms with Crippen molar-refractivity contribution in [1.29, 1.82) is 0 Å². The summed E-state index contributed by atoms with van der Waals surface area (Å²) in [6.07, 6.45) is 7.50. The largest absolute Gasteiger partial charge is 0.389 e. The molecule has 2 fully saturated rings. The normalized spacial score (nSPS) is 29.3. The molecule has 0 amide bonds. The summed E-state index contributed by atoms with van der Waals surface area (Å²) in [5.41, 5.74) is -0.598. The molecule has 2 heterocycles. The number of nitrogens with zero attached hydrogens (tertiary/aromatic N) is 3. The Hall–Kier alpha value is -1.20. The van der Waals surface area contributed by atoms with Crippen LogP contribution in [-0.2, 0) is 0 Å². The molecule has 0 aromatic carbocycles. The Morgan fingerprint density at radius 2 is 2.05 bits per heavy atom. The first-order valence-electron chi connectivity index (χ1n) is 8.47. The molecule has 2 aliphatic rings. The average Bonchev–Trinajstić information content (AvgIpc) is 2.86. The van der Waals surface area contributed by atoms with Crippen LogP contribution >= 0.6 is 0 Å². The first-order chi connectivity index (χ1) is 10.5. The van der Waals surface area contributed by atoms with Crippen LogP contribution in [0.4, 0.5) is 5.95 Å². The van der Waals surface area contributed by atoms with Crippen molar-refractivity contribution in [1.82, 2.24) is 14.9 Å². The monoisotopic (exact) mass is 304 g/mol. The molecular formula is C17H28N4O. The Morgan fingerprint density at radius 3 is 2.77 bits per heavy atom. The Labute approximate surface area is 133 Å². The van der Waals surface area contributed by atoms with E-state index in [9.17, 15) is 5.11 Å².